The number of hydrogen-bond acceptors (Lipinski definition) is 1. The summed E-state index contributed by atoms with van der Waals surface area (Å²) in [5.74, 6) is 0. The molecule has 0 aliphatic rings. The van der Waals surface area contributed by atoms with E-state index in [4.69, 9.17) is 0 Å². The topological polar surface area (TPSA) is 12.9 Å². The third-order valence-corrected chi connectivity index (χ3v) is 1.24. The average molecular weight is 120 g/mol. The third-order valence-electron chi connectivity index (χ3n) is 1.24. The van der Waals surface area contributed by atoms with Crippen molar-refractivity contribution in [2.45, 2.75) is 13.3 Å². The van der Waals surface area contributed by atoms with Crippen molar-refractivity contribution in [1.29, 1.82) is 0 Å². The molecule has 0 atom stereocenters. The molecule has 0 saturated heterocycles. The lowest BCUT2D eigenvalue weighted by molar-refractivity contribution is 1.03. The fourth-order valence-electron chi connectivity index (χ4n) is 0.721. The highest BCUT2D eigenvalue weighted by atomic mass is 14.7. The van der Waals surface area contributed by atoms with E-state index in [-0.39, 0.29) is 0 Å². The van der Waals surface area contributed by atoms with E-state index in [1.807, 2.05) is 12.1 Å². The molecule has 0 unspecified atom stereocenters. The number of aryl methyl sites for hydroxylation is 1. The van der Waals surface area contributed by atoms with Crippen LogP contribution in [-0.4, -0.2) is 4.98 Å². The third kappa shape index (κ3) is 1.53. The fraction of sp³-hybridized carbons (Fsp3) is 0.250. The van der Waals surface area contributed by atoms with Crippen LogP contribution in [0.5, 0.6) is 0 Å². The first-order chi connectivity index (χ1) is 4.33. The number of hydrogen-bond donors (Lipinski definition) is 0. The van der Waals surface area contributed by atoms with Crippen LogP contribution in [0.3, 0.4) is 0 Å². The molecule has 1 heteroatoms. The van der Waals surface area contributed by atoms with Crippen LogP contribution in [0.2, 0.25) is 0 Å². The molecule has 1 heterocycles. The van der Waals surface area contributed by atoms with Crippen LogP contribution in [-0.2, 0) is 6.42 Å². The van der Waals surface area contributed by atoms with Gasteiger partial charge in [0.25, 0.3) is 0 Å². The van der Waals surface area contributed by atoms with E-state index < -0.39 is 0 Å². The van der Waals surface area contributed by atoms with Crippen molar-refractivity contribution < 1.29 is 0 Å². The molecule has 0 saturated carbocycles. The Bertz CT molecular complexity index is 194. The summed E-state index contributed by atoms with van der Waals surface area (Å²) in [5.41, 5.74) is 2.16. The molecule has 1 rings (SSSR count). The predicted molar refractivity (Wildman–Crippen MR) is 38.1 cm³/mol. The minimum absolute atomic E-state index is 0.989. The fourth-order valence-corrected chi connectivity index (χ4v) is 0.721. The van der Waals surface area contributed by atoms with Gasteiger partial charge in [0.15, 0.2) is 0 Å². The molecule has 0 fully saturated rings. The maximum atomic E-state index is 4.12. The molecule has 1 radical (unpaired) electrons. The van der Waals surface area contributed by atoms with Crippen LogP contribution in [0, 0.1) is 6.92 Å². The second-order valence-electron chi connectivity index (χ2n) is 2.01. The summed E-state index contributed by atoms with van der Waals surface area (Å²) in [6.45, 7) is 5.87. The van der Waals surface area contributed by atoms with Crippen LogP contribution < -0.4 is 0 Å². The molecule has 0 aliphatic carbocycles. The van der Waals surface area contributed by atoms with Gasteiger partial charge in [-0.25, -0.2) is 0 Å². The summed E-state index contributed by atoms with van der Waals surface area (Å²) in [7, 11) is 0. The standard InChI is InChI=1S/C8H10N/c1-3-8-6-7(2)4-5-9-8/h4-6H,2-3H2,1H3. The molecule has 1 aromatic rings. The second-order valence-corrected chi connectivity index (χ2v) is 2.01. The van der Waals surface area contributed by atoms with Gasteiger partial charge in [0.2, 0.25) is 0 Å². The first kappa shape index (κ1) is 6.27. The molecule has 0 aromatic carbocycles. The van der Waals surface area contributed by atoms with E-state index in [2.05, 4.69) is 18.8 Å². The molecule has 1 nitrogen and oxygen atoms in total. The molecule has 0 amide bonds. The SMILES string of the molecule is [CH2]c1ccnc(CC)c1. The first-order valence-electron chi connectivity index (χ1n) is 3.10. The van der Waals surface area contributed by atoms with Crippen molar-refractivity contribution in [3.63, 3.8) is 0 Å². The highest BCUT2D eigenvalue weighted by molar-refractivity contribution is 5.18. The Labute approximate surface area is 55.7 Å². The summed E-state index contributed by atoms with van der Waals surface area (Å²) in [6.07, 6.45) is 2.78. The Morgan fingerprint density at radius 2 is 2.44 bits per heavy atom. The van der Waals surface area contributed by atoms with Crippen molar-refractivity contribution in [3.05, 3.63) is 36.5 Å². The Morgan fingerprint density at radius 3 is 2.89 bits per heavy atom. The van der Waals surface area contributed by atoms with Crippen LogP contribution in [0.4, 0.5) is 0 Å². The largest absolute Gasteiger partial charge is 0.261 e. The van der Waals surface area contributed by atoms with Crippen molar-refractivity contribution in [1.82, 2.24) is 4.98 Å². The smallest absolute Gasteiger partial charge is 0.0403 e. The van der Waals surface area contributed by atoms with E-state index in [1.165, 1.54) is 0 Å². The molecule has 0 bridgehead atoms. The van der Waals surface area contributed by atoms with E-state index in [0.717, 1.165) is 17.7 Å². The summed E-state index contributed by atoms with van der Waals surface area (Å²) in [6, 6.07) is 3.90. The van der Waals surface area contributed by atoms with Crippen LogP contribution in [0.25, 0.3) is 0 Å². The van der Waals surface area contributed by atoms with Gasteiger partial charge >= 0.3 is 0 Å². The Morgan fingerprint density at radius 1 is 1.67 bits per heavy atom. The van der Waals surface area contributed by atoms with Crippen LogP contribution >= 0.6 is 0 Å². The van der Waals surface area contributed by atoms with E-state index >= 15 is 0 Å². The minimum Gasteiger partial charge on any atom is -0.261 e. The predicted octanol–water partition coefficient (Wildman–Crippen LogP) is 1.83. The number of pyridine rings is 1. The number of rotatable bonds is 1. The normalized spacial score (nSPS) is 9.56. The molecule has 0 N–H and O–H groups in total. The maximum absolute atomic E-state index is 4.12. The Balaban J connectivity index is 2.94. The molecule has 9 heavy (non-hydrogen) atoms. The van der Waals surface area contributed by atoms with E-state index in [9.17, 15) is 0 Å². The lowest BCUT2D eigenvalue weighted by atomic mass is 10.2. The monoisotopic (exact) mass is 120 g/mol. The summed E-state index contributed by atoms with van der Waals surface area (Å²) in [4.78, 5) is 4.12. The lowest BCUT2D eigenvalue weighted by Crippen LogP contribution is -1.85. The van der Waals surface area contributed by atoms with Crippen molar-refractivity contribution in [2.24, 2.45) is 0 Å². The Kier molecular flexibility index (Phi) is 1.83. The summed E-state index contributed by atoms with van der Waals surface area (Å²) in [5, 5.41) is 0. The van der Waals surface area contributed by atoms with Gasteiger partial charge in [-0.2, -0.15) is 0 Å². The zero-order valence-electron chi connectivity index (χ0n) is 5.59. The molecular formula is C8H10N. The quantitative estimate of drug-likeness (QED) is 0.551. The highest BCUT2D eigenvalue weighted by Gasteiger charge is 1.87. The van der Waals surface area contributed by atoms with Gasteiger partial charge in [0, 0.05) is 11.9 Å². The lowest BCUT2D eigenvalue weighted by Gasteiger charge is -1.94. The van der Waals surface area contributed by atoms with Crippen molar-refractivity contribution >= 4 is 0 Å². The van der Waals surface area contributed by atoms with Gasteiger partial charge < -0.3 is 0 Å². The van der Waals surface area contributed by atoms with Crippen LogP contribution in [0.15, 0.2) is 18.3 Å². The van der Waals surface area contributed by atoms with Gasteiger partial charge in [-0.15, -0.1) is 0 Å². The van der Waals surface area contributed by atoms with Gasteiger partial charge in [-0.05, 0) is 31.0 Å². The highest BCUT2D eigenvalue weighted by Crippen LogP contribution is 1.98. The zero-order chi connectivity index (χ0) is 6.69. The maximum Gasteiger partial charge on any atom is 0.0403 e. The molecule has 0 aliphatic heterocycles. The molecular weight excluding hydrogens is 110 g/mol. The molecule has 47 valence electrons. The number of aromatic nitrogens is 1. The van der Waals surface area contributed by atoms with Crippen LogP contribution in [0.1, 0.15) is 18.2 Å². The molecule has 0 spiro atoms. The van der Waals surface area contributed by atoms with E-state index in [0.29, 0.717) is 0 Å². The summed E-state index contributed by atoms with van der Waals surface area (Å²) < 4.78 is 0. The summed E-state index contributed by atoms with van der Waals surface area (Å²) >= 11 is 0. The van der Waals surface area contributed by atoms with Crippen molar-refractivity contribution in [2.75, 3.05) is 0 Å². The first-order valence-corrected chi connectivity index (χ1v) is 3.10. The zero-order valence-corrected chi connectivity index (χ0v) is 5.59. The minimum atomic E-state index is 0.989. The van der Waals surface area contributed by atoms with Gasteiger partial charge in [-0.1, -0.05) is 6.92 Å². The van der Waals surface area contributed by atoms with E-state index in [1.54, 1.807) is 6.20 Å². The van der Waals surface area contributed by atoms with Gasteiger partial charge in [-0.3, -0.25) is 4.98 Å². The second kappa shape index (κ2) is 2.62. The number of nitrogens with zero attached hydrogens (tertiary/aromatic N) is 1. The van der Waals surface area contributed by atoms with Gasteiger partial charge in [0.05, 0.1) is 0 Å². The van der Waals surface area contributed by atoms with Gasteiger partial charge in [0.1, 0.15) is 0 Å². The molecule has 1 aromatic heterocycles. The average Bonchev–Trinajstić information content (AvgIpc) is 1.88. The Hall–Kier alpha value is -0.850. The van der Waals surface area contributed by atoms with Crippen molar-refractivity contribution in [3.8, 4) is 0 Å².